The Morgan fingerprint density at radius 1 is 1.06 bits per heavy atom. The zero-order valence-electron chi connectivity index (χ0n) is 8.61. The summed E-state index contributed by atoms with van der Waals surface area (Å²) in [6.07, 6.45) is -2.08. The van der Waals surface area contributed by atoms with Crippen LogP contribution in [-0.4, -0.2) is 10.9 Å². The number of alkyl halides is 3. The summed E-state index contributed by atoms with van der Waals surface area (Å²) in [7, 11) is 0. The van der Waals surface area contributed by atoms with E-state index in [1.54, 1.807) is 18.3 Å². The Kier molecular flexibility index (Phi) is 2.75. The number of hydrogen-bond donors (Lipinski definition) is 0. The summed E-state index contributed by atoms with van der Waals surface area (Å²) >= 11 is 0. The Bertz CT molecular complexity index is 525. The van der Waals surface area contributed by atoms with Crippen molar-refractivity contribution in [3.8, 4) is 5.69 Å². The number of hydrogen-bond acceptors (Lipinski definition) is 1. The summed E-state index contributed by atoms with van der Waals surface area (Å²) in [6, 6.07) is 7.88. The van der Waals surface area contributed by atoms with Crippen LogP contribution >= 0.6 is 0 Å². The smallest absolute Gasteiger partial charge is 0.314 e. The van der Waals surface area contributed by atoms with E-state index < -0.39 is 11.7 Å². The third-order valence-electron chi connectivity index (χ3n) is 2.37. The van der Waals surface area contributed by atoms with E-state index in [-0.39, 0.29) is 0 Å². The van der Waals surface area contributed by atoms with E-state index in [2.05, 4.69) is 0 Å². The van der Waals surface area contributed by atoms with Gasteiger partial charge in [-0.3, -0.25) is 4.79 Å². The van der Waals surface area contributed by atoms with Crippen LogP contribution in [0.3, 0.4) is 0 Å². The lowest BCUT2D eigenvalue weighted by atomic mass is 10.2. The maximum atomic E-state index is 12.3. The quantitative estimate of drug-likeness (QED) is 0.737. The van der Waals surface area contributed by atoms with E-state index in [0.29, 0.717) is 17.7 Å². The number of halogens is 3. The third kappa shape index (κ3) is 2.22. The Labute approximate surface area is 95.3 Å². The van der Waals surface area contributed by atoms with Crippen molar-refractivity contribution in [3.63, 3.8) is 0 Å². The van der Waals surface area contributed by atoms with Gasteiger partial charge in [-0.25, -0.2) is 0 Å². The third-order valence-corrected chi connectivity index (χ3v) is 2.37. The van der Waals surface area contributed by atoms with Gasteiger partial charge in [0.05, 0.1) is 11.3 Å². The standard InChI is InChI=1S/C12H8F3NO/c13-12(14,15)9-3-5-10(6-4-9)16-7-1-2-11(16)8-17/h1-8H. The van der Waals surface area contributed by atoms with Gasteiger partial charge in [0.1, 0.15) is 0 Å². The lowest BCUT2D eigenvalue weighted by Crippen LogP contribution is -2.05. The fourth-order valence-electron chi connectivity index (χ4n) is 1.54. The van der Waals surface area contributed by atoms with Gasteiger partial charge in [0.25, 0.3) is 0 Å². The van der Waals surface area contributed by atoms with Crippen LogP contribution in [0.25, 0.3) is 5.69 Å². The Hall–Kier alpha value is -2.04. The molecule has 0 aliphatic carbocycles. The molecule has 1 aromatic heterocycles. The number of nitrogens with zero attached hydrogens (tertiary/aromatic N) is 1. The second kappa shape index (κ2) is 4.08. The van der Waals surface area contributed by atoms with Crippen molar-refractivity contribution in [2.75, 3.05) is 0 Å². The summed E-state index contributed by atoms with van der Waals surface area (Å²) < 4.78 is 38.6. The predicted molar refractivity (Wildman–Crippen MR) is 56.2 cm³/mol. The molecule has 1 heterocycles. The topological polar surface area (TPSA) is 22.0 Å². The maximum absolute atomic E-state index is 12.3. The van der Waals surface area contributed by atoms with Gasteiger partial charge < -0.3 is 4.57 Å². The van der Waals surface area contributed by atoms with Crippen molar-refractivity contribution in [3.05, 3.63) is 53.9 Å². The van der Waals surface area contributed by atoms with Crippen LogP contribution in [0.5, 0.6) is 0 Å². The fraction of sp³-hybridized carbons (Fsp3) is 0.0833. The van der Waals surface area contributed by atoms with E-state index in [1.807, 2.05) is 0 Å². The minimum atomic E-state index is -4.34. The molecule has 0 N–H and O–H groups in total. The molecule has 88 valence electrons. The van der Waals surface area contributed by atoms with Crippen molar-refractivity contribution in [1.82, 2.24) is 4.57 Å². The second-order valence-corrected chi connectivity index (χ2v) is 3.47. The highest BCUT2D eigenvalue weighted by Gasteiger charge is 2.29. The van der Waals surface area contributed by atoms with E-state index in [4.69, 9.17) is 0 Å². The highest BCUT2D eigenvalue weighted by Crippen LogP contribution is 2.29. The first kappa shape index (κ1) is 11.4. The molecule has 0 radical (unpaired) electrons. The summed E-state index contributed by atoms with van der Waals surface area (Å²) in [5.74, 6) is 0. The molecule has 0 atom stereocenters. The SMILES string of the molecule is O=Cc1cccn1-c1ccc(C(F)(F)F)cc1. The van der Waals surface area contributed by atoms with Gasteiger partial charge in [-0.05, 0) is 36.4 Å². The number of carbonyl (C=O) groups is 1. The molecule has 0 aliphatic heterocycles. The first-order valence-electron chi connectivity index (χ1n) is 4.82. The molecule has 2 nitrogen and oxygen atoms in total. The number of benzene rings is 1. The molecule has 5 heteroatoms. The maximum Gasteiger partial charge on any atom is 0.416 e. The van der Waals surface area contributed by atoms with Crippen LogP contribution < -0.4 is 0 Å². The minimum Gasteiger partial charge on any atom is -0.314 e. The molecule has 0 saturated carbocycles. The number of carbonyl (C=O) groups excluding carboxylic acids is 1. The van der Waals surface area contributed by atoms with Gasteiger partial charge in [0.2, 0.25) is 0 Å². The van der Waals surface area contributed by atoms with Crippen LogP contribution in [0.15, 0.2) is 42.6 Å². The molecule has 0 amide bonds. The van der Waals surface area contributed by atoms with Crippen molar-refractivity contribution < 1.29 is 18.0 Å². The molecular weight excluding hydrogens is 231 g/mol. The lowest BCUT2D eigenvalue weighted by molar-refractivity contribution is -0.137. The van der Waals surface area contributed by atoms with Crippen molar-refractivity contribution in [2.24, 2.45) is 0 Å². The number of aromatic nitrogens is 1. The monoisotopic (exact) mass is 239 g/mol. The Morgan fingerprint density at radius 2 is 1.71 bits per heavy atom. The summed E-state index contributed by atoms with van der Waals surface area (Å²) in [6.45, 7) is 0. The first-order valence-corrected chi connectivity index (χ1v) is 4.82. The van der Waals surface area contributed by atoms with E-state index in [0.717, 1.165) is 12.1 Å². The van der Waals surface area contributed by atoms with Crippen molar-refractivity contribution in [1.29, 1.82) is 0 Å². The van der Waals surface area contributed by atoms with Gasteiger partial charge in [-0.1, -0.05) is 0 Å². The highest BCUT2D eigenvalue weighted by atomic mass is 19.4. The van der Waals surface area contributed by atoms with Crippen LogP contribution in [0.2, 0.25) is 0 Å². The van der Waals surface area contributed by atoms with E-state index in [9.17, 15) is 18.0 Å². The van der Waals surface area contributed by atoms with Gasteiger partial charge in [-0.15, -0.1) is 0 Å². The molecule has 17 heavy (non-hydrogen) atoms. The van der Waals surface area contributed by atoms with Gasteiger partial charge in [0, 0.05) is 11.9 Å². The van der Waals surface area contributed by atoms with Gasteiger partial charge in [-0.2, -0.15) is 13.2 Å². The van der Waals surface area contributed by atoms with Crippen molar-refractivity contribution in [2.45, 2.75) is 6.18 Å². The summed E-state index contributed by atoms with van der Waals surface area (Å²) in [5.41, 5.74) is 0.205. The average Bonchev–Trinajstić information content (AvgIpc) is 2.76. The number of aldehydes is 1. The molecular formula is C12H8F3NO. The molecule has 0 spiro atoms. The van der Waals surface area contributed by atoms with Crippen LogP contribution in [-0.2, 0) is 6.18 Å². The minimum absolute atomic E-state index is 0.393. The van der Waals surface area contributed by atoms with Crippen LogP contribution in [0.4, 0.5) is 13.2 Å². The molecule has 0 aliphatic rings. The van der Waals surface area contributed by atoms with E-state index >= 15 is 0 Å². The van der Waals surface area contributed by atoms with E-state index in [1.165, 1.54) is 16.7 Å². The fourth-order valence-corrected chi connectivity index (χ4v) is 1.54. The summed E-state index contributed by atoms with van der Waals surface area (Å²) in [5, 5.41) is 0. The van der Waals surface area contributed by atoms with Crippen molar-refractivity contribution >= 4 is 6.29 Å². The molecule has 0 unspecified atom stereocenters. The number of rotatable bonds is 2. The predicted octanol–water partition coefficient (Wildman–Crippen LogP) is 3.31. The zero-order chi connectivity index (χ0) is 12.5. The van der Waals surface area contributed by atoms with Gasteiger partial charge >= 0.3 is 6.18 Å². The van der Waals surface area contributed by atoms with Crippen LogP contribution in [0, 0.1) is 0 Å². The molecule has 2 aromatic rings. The largest absolute Gasteiger partial charge is 0.416 e. The lowest BCUT2D eigenvalue weighted by Gasteiger charge is -2.09. The molecule has 0 saturated heterocycles. The zero-order valence-corrected chi connectivity index (χ0v) is 8.61. The Morgan fingerprint density at radius 3 is 2.24 bits per heavy atom. The first-order chi connectivity index (χ1) is 8.02. The average molecular weight is 239 g/mol. The normalized spacial score (nSPS) is 11.5. The second-order valence-electron chi connectivity index (χ2n) is 3.47. The van der Waals surface area contributed by atoms with Gasteiger partial charge in [0.15, 0.2) is 6.29 Å². The molecule has 0 bridgehead atoms. The van der Waals surface area contributed by atoms with Crippen LogP contribution in [0.1, 0.15) is 16.1 Å². The molecule has 2 rings (SSSR count). The summed E-state index contributed by atoms with van der Waals surface area (Å²) in [4.78, 5) is 10.7. The molecule has 0 fully saturated rings. The Balaban J connectivity index is 2.39. The molecule has 1 aromatic carbocycles. The highest BCUT2D eigenvalue weighted by molar-refractivity contribution is 5.73.